The first-order valence-electron chi connectivity index (χ1n) is 9.12. The number of amides is 3. The Hall–Kier alpha value is -3.93. The van der Waals surface area contributed by atoms with Crippen LogP contribution in [0.2, 0.25) is 0 Å². The van der Waals surface area contributed by atoms with Crippen molar-refractivity contribution >= 4 is 17.7 Å². The topological polar surface area (TPSA) is 101 Å². The van der Waals surface area contributed by atoms with Crippen LogP contribution in [0.3, 0.4) is 0 Å². The third kappa shape index (κ3) is 5.29. The van der Waals surface area contributed by atoms with Crippen molar-refractivity contribution in [2.75, 3.05) is 0 Å². The molecule has 1 unspecified atom stereocenters. The van der Waals surface area contributed by atoms with Gasteiger partial charge in [-0.25, -0.2) is 0 Å². The summed E-state index contributed by atoms with van der Waals surface area (Å²) in [5.74, 6) is -1.23. The van der Waals surface area contributed by atoms with Crippen LogP contribution in [-0.2, 0) is 11.3 Å². The minimum absolute atomic E-state index is 0.199. The van der Waals surface area contributed by atoms with Gasteiger partial charge in [-0.15, -0.1) is 0 Å². The maximum atomic E-state index is 12.9. The zero-order valence-corrected chi connectivity index (χ0v) is 15.7. The van der Waals surface area contributed by atoms with Gasteiger partial charge in [-0.2, -0.15) is 0 Å². The van der Waals surface area contributed by atoms with E-state index in [9.17, 15) is 14.4 Å². The summed E-state index contributed by atoms with van der Waals surface area (Å²) in [6.07, 6.45) is 0. The Labute approximate surface area is 168 Å². The molecule has 0 aliphatic carbocycles. The zero-order chi connectivity index (χ0) is 20.6. The second-order valence-corrected chi connectivity index (χ2v) is 6.47. The standard InChI is InChI=1S/C23H21N3O3/c24-21(27)19-13-7-8-16(14-19)15-25-23(29)20(17-9-3-1-4-10-17)26-22(28)18-11-5-2-6-12-18/h1-14,20H,15H2,(H2,24,27)(H,25,29)(H,26,28). The lowest BCUT2D eigenvalue weighted by atomic mass is 10.0. The summed E-state index contributed by atoms with van der Waals surface area (Å²) in [7, 11) is 0. The molecular weight excluding hydrogens is 366 g/mol. The Morgan fingerprint density at radius 2 is 1.41 bits per heavy atom. The molecule has 3 aromatic rings. The number of rotatable bonds is 7. The molecule has 0 radical (unpaired) electrons. The fraction of sp³-hybridized carbons (Fsp3) is 0.0870. The Balaban J connectivity index is 1.75. The van der Waals surface area contributed by atoms with Crippen molar-refractivity contribution < 1.29 is 14.4 Å². The molecule has 6 nitrogen and oxygen atoms in total. The molecule has 3 aromatic carbocycles. The molecule has 0 saturated carbocycles. The van der Waals surface area contributed by atoms with Gasteiger partial charge in [-0.3, -0.25) is 14.4 Å². The molecule has 0 saturated heterocycles. The third-order valence-electron chi connectivity index (χ3n) is 4.38. The third-order valence-corrected chi connectivity index (χ3v) is 4.38. The van der Waals surface area contributed by atoms with Crippen LogP contribution in [0.4, 0.5) is 0 Å². The number of hydrogen-bond donors (Lipinski definition) is 3. The lowest BCUT2D eigenvalue weighted by Gasteiger charge is -2.19. The minimum Gasteiger partial charge on any atom is -0.366 e. The van der Waals surface area contributed by atoms with Crippen LogP contribution >= 0.6 is 0 Å². The number of carbonyl (C=O) groups excluding carboxylic acids is 3. The normalized spacial score (nSPS) is 11.3. The highest BCUT2D eigenvalue weighted by atomic mass is 16.2. The van der Waals surface area contributed by atoms with E-state index in [1.54, 1.807) is 72.8 Å². The molecule has 1 atom stereocenters. The van der Waals surface area contributed by atoms with Gasteiger partial charge in [0.25, 0.3) is 5.91 Å². The zero-order valence-electron chi connectivity index (χ0n) is 15.7. The first-order chi connectivity index (χ1) is 14.0. The maximum Gasteiger partial charge on any atom is 0.252 e. The van der Waals surface area contributed by atoms with E-state index in [0.29, 0.717) is 16.7 Å². The maximum absolute atomic E-state index is 12.9. The van der Waals surface area contributed by atoms with Crippen LogP contribution in [0.25, 0.3) is 0 Å². The first kappa shape index (κ1) is 19.8. The lowest BCUT2D eigenvalue weighted by Crippen LogP contribution is -2.40. The molecule has 146 valence electrons. The van der Waals surface area contributed by atoms with Gasteiger partial charge in [-0.1, -0.05) is 60.7 Å². The molecular formula is C23H21N3O3. The van der Waals surface area contributed by atoms with E-state index in [0.717, 1.165) is 5.56 Å². The van der Waals surface area contributed by atoms with E-state index in [1.807, 2.05) is 12.1 Å². The fourth-order valence-corrected chi connectivity index (χ4v) is 2.88. The van der Waals surface area contributed by atoms with E-state index >= 15 is 0 Å². The summed E-state index contributed by atoms with van der Waals surface area (Å²) < 4.78 is 0. The summed E-state index contributed by atoms with van der Waals surface area (Å²) >= 11 is 0. The van der Waals surface area contributed by atoms with Crippen molar-refractivity contribution in [2.45, 2.75) is 12.6 Å². The van der Waals surface area contributed by atoms with Gasteiger partial charge in [0, 0.05) is 17.7 Å². The smallest absolute Gasteiger partial charge is 0.252 e. The van der Waals surface area contributed by atoms with Crippen LogP contribution in [0.1, 0.15) is 37.9 Å². The van der Waals surface area contributed by atoms with Crippen LogP contribution in [0.15, 0.2) is 84.9 Å². The summed E-state index contributed by atoms with van der Waals surface area (Å²) in [6.45, 7) is 0.199. The van der Waals surface area contributed by atoms with Gasteiger partial charge in [0.2, 0.25) is 11.8 Å². The van der Waals surface area contributed by atoms with Crippen molar-refractivity contribution in [1.82, 2.24) is 10.6 Å². The van der Waals surface area contributed by atoms with Gasteiger partial charge < -0.3 is 16.4 Å². The fourth-order valence-electron chi connectivity index (χ4n) is 2.88. The SMILES string of the molecule is NC(=O)c1cccc(CNC(=O)C(NC(=O)c2ccccc2)c2ccccc2)c1. The highest BCUT2D eigenvalue weighted by Crippen LogP contribution is 2.15. The molecule has 6 heteroatoms. The minimum atomic E-state index is -0.858. The molecule has 4 N–H and O–H groups in total. The number of hydrogen-bond acceptors (Lipinski definition) is 3. The van der Waals surface area contributed by atoms with E-state index in [2.05, 4.69) is 10.6 Å². The number of primary amides is 1. The number of carbonyl (C=O) groups is 3. The van der Waals surface area contributed by atoms with Crippen LogP contribution in [0.5, 0.6) is 0 Å². The van der Waals surface area contributed by atoms with Gasteiger partial charge in [0.1, 0.15) is 6.04 Å². The molecule has 0 spiro atoms. The van der Waals surface area contributed by atoms with Crippen LogP contribution < -0.4 is 16.4 Å². The highest BCUT2D eigenvalue weighted by molar-refractivity contribution is 5.98. The first-order valence-corrected chi connectivity index (χ1v) is 9.12. The van der Waals surface area contributed by atoms with Crippen molar-refractivity contribution in [1.29, 1.82) is 0 Å². The molecule has 0 aromatic heterocycles. The van der Waals surface area contributed by atoms with Gasteiger partial charge in [0.15, 0.2) is 0 Å². The van der Waals surface area contributed by atoms with Gasteiger partial charge >= 0.3 is 0 Å². The number of nitrogens with one attached hydrogen (secondary N) is 2. The monoisotopic (exact) mass is 387 g/mol. The Bertz CT molecular complexity index is 1000. The lowest BCUT2D eigenvalue weighted by molar-refractivity contribution is -0.123. The van der Waals surface area contributed by atoms with Crippen LogP contribution in [0, 0.1) is 0 Å². The summed E-state index contributed by atoms with van der Waals surface area (Å²) in [5, 5.41) is 5.60. The Kier molecular flexibility index (Phi) is 6.37. The van der Waals surface area contributed by atoms with E-state index in [1.165, 1.54) is 0 Å². The van der Waals surface area contributed by atoms with E-state index in [-0.39, 0.29) is 18.4 Å². The van der Waals surface area contributed by atoms with Gasteiger partial charge in [0.05, 0.1) is 0 Å². The average Bonchev–Trinajstić information content (AvgIpc) is 2.77. The average molecular weight is 387 g/mol. The molecule has 0 aliphatic rings. The Morgan fingerprint density at radius 3 is 2.07 bits per heavy atom. The molecule has 0 bridgehead atoms. The van der Waals surface area contributed by atoms with E-state index in [4.69, 9.17) is 5.73 Å². The summed E-state index contributed by atoms with van der Waals surface area (Å²) in [6, 6.07) is 23.6. The van der Waals surface area contributed by atoms with Crippen molar-refractivity contribution in [3.63, 3.8) is 0 Å². The number of nitrogens with two attached hydrogens (primary N) is 1. The van der Waals surface area contributed by atoms with Crippen molar-refractivity contribution in [2.24, 2.45) is 5.73 Å². The molecule has 3 amide bonds. The molecule has 0 heterocycles. The quantitative estimate of drug-likeness (QED) is 0.581. The molecule has 3 rings (SSSR count). The van der Waals surface area contributed by atoms with Crippen LogP contribution in [-0.4, -0.2) is 17.7 Å². The second-order valence-electron chi connectivity index (χ2n) is 6.47. The predicted molar refractivity (Wildman–Crippen MR) is 110 cm³/mol. The molecule has 0 aliphatic heterocycles. The Morgan fingerprint density at radius 1 is 0.793 bits per heavy atom. The van der Waals surface area contributed by atoms with Crippen molar-refractivity contribution in [3.05, 3.63) is 107 Å². The van der Waals surface area contributed by atoms with Gasteiger partial charge in [-0.05, 0) is 35.4 Å². The highest BCUT2D eigenvalue weighted by Gasteiger charge is 2.23. The van der Waals surface area contributed by atoms with Crippen molar-refractivity contribution in [3.8, 4) is 0 Å². The number of benzene rings is 3. The molecule has 0 fully saturated rings. The summed E-state index contributed by atoms with van der Waals surface area (Å²) in [5.41, 5.74) is 7.54. The summed E-state index contributed by atoms with van der Waals surface area (Å²) in [4.78, 5) is 36.8. The largest absolute Gasteiger partial charge is 0.366 e. The van der Waals surface area contributed by atoms with E-state index < -0.39 is 11.9 Å². The molecule has 29 heavy (non-hydrogen) atoms. The second kappa shape index (κ2) is 9.32. The predicted octanol–water partition coefficient (Wildman–Crippen LogP) is 2.57.